The molecular weight excluding hydrogens is 246 g/mol. The number of thiazole rings is 1. The predicted octanol–water partition coefficient (Wildman–Crippen LogP) is 2.98. The van der Waals surface area contributed by atoms with Crippen molar-refractivity contribution in [2.24, 2.45) is 0 Å². The van der Waals surface area contributed by atoms with Crippen LogP contribution in [-0.4, -0.2) is 19.9 Å². The molecule has 0 aliphatic carbocycles. The highest BCUT2D eigenvalue weighted by Crippen LogP contribution is 2.20. The second-order valence-corrected chi connectivity index (χ2v) is 5.27. The Morgan fingerprint density at radius 3 is 2.78 bits per heavy atom. The van der Waals surface area contributed by atoms with Gasteiger partial charge >= 0.3 is 0 Å². The molecule has 0 radical (unpaired) electrons. The molecule has 2 rings (SSSR count). The smallest absolute Gasteiger partial charge is 0.122 e. The summed E-state index contributed by atoms with van der Waals surface area (Å²) in [5, 5.41) is 17.2. The fourth-order valence-electron chi connectivity index (χ4n) is 2.04. The Bertz CT molecular complexity index is 462. The maximum atomic E-state index is 10.0. The van der Waals surface area contributed by atoms with Crippen molar-refractivity contribution in [3.8, 4) is 0 Å². The minimum atomic E-state index is -0.546. The SMILES string of the molecule is CCC(CC)n1ccc(CC(O)c2nccs2)n1. The van der Waals surface area contributed by atoms with Crippen LogP contribution in [0.25, 0.3) is 0 Å². The minimum Gasteiger partial charge on any atom is -0.386 e. The molecule has 1 unspecified atom stereocenters. The van der Waals surface area contributed by atoms with Gasteiger partial charge in [0.2, 0.25) is 0 Å². The molecule has 0 saturated carbocycles. The van der Waals surface area contributed by atoms with Gasteiger partial charge in [0.15, 0.2) is 0 Å². The second kappa shape index (κ2) is 6.11. The summed E-state index contributed by atoms with van der Waals surface area (Å²) in [6.07, 6.45) is 5.85. The highest BCUT2D eigenvalue weighted by atomic mass is 32.1. The number of aromatic nitrogens is 3. The Morgan fingerprint density at radius 1 is 1.39 bits per heavy atom. The van der Waals surface area contributed by atoms with Gasteiger partial charge in [0, 0.05) is 24.2 Å². The predicted molar refractivity (Wildman–Crippen MR) is 72.6 cm³/mol. The van der Waals surface area contributed by atoms with E-state index in [0.717, 1.165) is 23.5 Å². The van der Waals surface area contributed by atoms with E-state index in [4.69, 9.17) is 0 Å². The molecule has 1 N–H and O–H groups in total. The van der Waals surface area contributed by atoms with Crippen molar-refractivity contribution in [2.75, 3.05) is 0 Å². The van der Waals surface area contributed by atoms with Crippen LogP contribution in [0.5, 0.6) is 0 Å². The molecule has 98 valence electrons. The molecule has 4 nitrogen and oxygen atoms in total. The van der Waals surface area contributed by atoms with Crippen molar-refractivity contribution in [1.82, 2.24) is 14.8 Å². The first-order valence-corrected chi connectivity index (χ1v) is 7.24. The van der Waals surface area contributed by atoms with Crippen molar-refractivity contribution in [3.05, 3.63) is 34.5 Å². The zero-order chi connectivity index (χ0) is 13.0. The Balaban J connectivity index is 2.02. The van der Waals surface area contributed by atoms with E-state index in [-0.39, 0.29) is 0 Å². The van der Waals surface area contributed by atoms with Gasteiger partial charge in [-0.05, 0) is 18.9 Å². The van der Waals surface area contributed by atoms with E-state index in [1.807, 2.05) is 22.3 Å². The third kappa shape index (κ3) is 2.97. The first-order valence-electron chi connectivity index (χ1n) is 6.36. The maximum Gasteiger partial charge on any atom is 0.122 e. The number of aliphatic hydroxyl groups is 1. The Morgan fingerprint density at radius 2 is 2.17 bits per heavy atom. The van der Waals surface area contributed by atoms with Crippen LogP contribution in [-0.2, 0) is 6.42 Å². The topological polar surface area (TPSA) is 50.9 Å². The molecule has 0 aliphatic rings. The van der Waals surface area contributed by atoms with Gasteiger partial charge in [0.25, 0.3) is 0 Å². The Labute approximate surface area is 111 Å². The van der Waals surface area contributed by atoms with E-state index in [1.54, 1.807) is 6.20 Å². The van der Waals surface area contributed by atoms with Crippen molar-refractivity contribution in [3.63, 3.8) is 0 Å². The summed E-state index contributed by atoms with van der Waals surface area (Å²) in [6.45, 7) is 4.33. The van der Waals surface area contributed by atoms with Gasteiger partial charge in [-0.25, -0.2) is 4.98 Å². The molecule has 0 amide bonds. The summed E-state index contributed by atoms with van der Waals surface area (Å²) in [4.78, 5) is 4.12. The van der Waals surface area contributed by atoms with Gasteiger partial charge in [-0.15, -0.1) is 11.3 Å². The monoisotopic (exact) mass is 265 g/mol. The lowest BCUT2D eigenvalue weighted by atomic mass is 10.2. The first kappa shape index (κ1) is 13.2. The lowest BCUT2D eigenvalue weighted by Gasteiger charge is -2.12. The van der Waals surface area contributed by atoms with E-state index in [1.165, 1.54) is 11.3 Å². The summed E-state index contributed by atoms with van der Waals surface area (Å²) in [5.41, 5.74) is 0.921. The lowest BCUT2D eigenvalue weighted by molar-refractivity contribution is 0.176. The van der Waals surface area contributed by atoms with E-state index in [0.29, 0.717) is 12.5 Å². The molecule has 0 aromatic carbocycles. The highest BCUT2D eigenvalue weighted by molar-refractivity contribution is 7.09. The van der Waals surface area contributed by atoms with E-state index in [9.17, 15) is 5.11 Å². The fraction of sp³-hybridized carbons (Fsp3) is 0.538. The zero-order valence-electron chi connectivity index (χ0n) is 10.8. The van der Waals surface area contributed by atoms with Gasteiger partial charge in [0.1, 0.15) is 11.1 Å². The van der Waals surface area contributed by atoms with Gasteiger partial charge in [0.05, 0.1) is 11.7 Å². The van der Waals surface area contributed by atoms with E-state index in [2.05, 4.69) is 23.9 Å². The largest absolute Gasteiger partial charge is 0.386 e. The second-order valence-electron chi connectivity index (χ2n) is 4.35. The number of aliphatic hydroxyl groups excluding tert-OH is 1. The van der Waals surface area contributed by atoms with Gasteiger partial charge in [-0.2, -0.15) is 5.10 Å². The van der Waals surface area contributed by atoms with Crippen LogP contribution in [0.1, 0.15) is 49.5 Å². The fourth-order valence-corrected chi connectivity index (χ4v) is 2.66. The average molecular weight is 265 g/mol. The molecule has 0 aliphatic heterocycles. The van der Waals surface area contributed by atoms with E-state index >= 15 is 0 Å². The average Bonchev–Trinajstić information content (AvgIpc) is 3.01. The molecule has 2 heterocycles. The van der Waals surface area contributed by atoms with Crippen molar-refractivity contribution in [1.29, 1.82) is 0 Å². The van der Waals surface area contributed by atoms with Gasteiger partial charge < -0.3 is 5.11 Å². The van der Waals surface area contributed by atoms with Crippen LogP contribution < -0.4 is 0 Å². The summed E-state index contributed by atoms with van der Waals surface area (Å²) < 4.78 is 2.00. The van der Waals surface area contributed by atoms with Gasteiger partial charge in [-0.1, -0.05) is 13.8 Å². The molecule has 2 aromatic heterocycles. The van der Waals surface area contributed by atoms with Crippen LogP contribution in [0.2, 0.25) is 0 Å². The van der Waals surface area contributed by atoms with Crippen molar-refractivity contribution in [2.45, 2.75) is 45.3 Å². The molecule has 2 aromatic rings. The molecule has 0 saturated heterocycles. The van der Waals surface area contributed by atoms with Gasteiger partial charge in [-0.3, -0.25) is 4.68 Å². The number of hydrogen-bond donors (Lipinski definition) is 1. The lowest BCUT2D eigenvalue weighted by Crippen LogP contribution is -2.09. The van der Waals surface area contributed by atoms with Crippen molar-refractivity contribution < 1.29 is 5.11 Å². The third-order valence-electron chi connectivity index (χ3n) is 3.12. The zero-order valence-corrected chi connectivity index (χ0v) is 11.6. The molecule has 5 heteroatoms. The van der Waals surface area contributed by atoms with Crippen LogP contribution in [0, 0.1) is 0 Å². The summed E-state index contributed by atoms with van der Waals surface area (Å²) in [5.74, 6) is 0. The summed E-state index contributed by atoms with van der Waals surface area (Å²) in [6, 6.07) is 2.44. The molecule has 0 bridgehead atoms. The molecule has 0 fully saturated rings. The third-order valence-corrected chi connectivity index (χ3v) is 4.00. The maximum absolute atomic E-state index is 10.0. The highest BCUT2D eigenvalue weighted by Gasteiger charge is 2.14. The Hall–Kier alpha value is -1.20. The number of hydrogen-bond acceptors (Lipinski definition) is 4. The van der Waals surface area contributed by atoms with Crippen LogP contribution in [0.4, 0.5) is 0 Å². The summed E-state index contributed by atoms with van der Waals surface area (Å²) in [7, 11) is 0. The summed E-state index contributed by atoms with van der Waals surface area (Å²) >= 11 is 1.48. The van der Waals surface area contributed by atoms with Crippen LogP contribution in [0.15, 0.2) is 23.8 Å². The Kier molecular flexibility index (Phi) is 4.49. The molecular formula is C13H19N3OS. The normalized spacial score (nSPS) is 13.1. The number of rotatable bonds is 6. The molecule has 1 atom stereocenters. The first-order chi connectivity index (χ1) is 8.74. The minimum absolute atomic E-state index is 0.454. The van der Waals surface area contributed by atoms with E-state index < -0.39 is 6.10 Å². The quantitative estimate of drug-likeness (QED) is 0.873. The number of nitrogens with zero attached hydrogens (tertiary/aromatic N) is 3. The standard InChI is InChI=1S/C13H19N3OS/c1-3-11(4-2)16-7-5-10(15-16)9-12(17)13-14-6-8-18-13/h5-8,11-12,17H,3-4,9H2,1-2H3. The van der Waals surface area contributed by atoms with Crippen LogP contribution in [0.3, 0.4) is 0 Å². The molecule has 0 spiro atoms. The van der Waals surface area contributed by atoms with Crippen molar-refractivity contribution >= 4 is 11.3 Å². The van der Waals surface area contributed by atoms with Crippen LogP contribution >= 0.6 is 11.3 Å². The molecule has 18 heavy (non-hydrogen) atoms.